The maximum Gasteiger partial charge on any atom is 0.227 e. The van der Waals surface area contributed by atoms with Crippen molar-refractivity contribution in [3.8, 4) is 6.07 Å². The van der Waals surface area contributed by atoms with E-state index in [1.807, 2.05) is 13.8 Å². The lowest BCUT2D eigenvalue weighted by Gasteiger charge is -2.22. The number of nitrogens with zero attached hydrogens (tertiary/aromatic N) is 3. The fourth-order valence-electron chi connectivity index (χ4n) is 1.53. The highest BCUT2D eigenvalue weighted by Crippen LogP contribution is 2.30. The number of hydrogen-bond donors (Lipinski definition) is 0. The van der Waals surface area contributed by atoms with Gasteiger partial charge in [-0.2, -0.15) is 10.2 Å². The predicted molar refractivity (Wildman–Crippen MR) is 66.7 cm³/mol. The first-order chi connectivity index (χ1) is 8.37. The fourth-order valence-corrected chi connectivity index (χ4v) is 1.53. The third-order valence-corrected chi connectivity index (χ3v) is 3.45. The molecule has 5 heteroatoms. The van der Waals surface area contributed by atoms with Crippen LogP contribution in [-0.4, -0.2) is 17.3 Å². The molecule has 18 heavy (non-hydrogen) atoms. The molecule has 0 saturated carbocycles. The number of methoxy groups -OCH3 is 1. The molecule has 0 aliphatic rings. The van der Waals surface area contributed by atoms with E-state index in [4.69, 9.17) is 14.5 Å². The van der Waals surface area contributed by atoms with Crippen LogP contribution >= 0.6 is 0 Å². The molecule has 0 N–H and O–H groups in total. The average molecular weight is 251 g/mol. The Balaban J connectivity index is 2.85. The molecule has 1 aromatic heterocycles. The third-order valence-electron chi connectivity index (χ3n) is 3.45. The van der Waals surface area contributed by atoms with Gasteiger partial charge in [0.15, 0.2) is 0 Å². The first-order valence-electron chi connectivity index (χ1n) is 6.12. The lowest BCUT2D eigenvalue weighted by atomic mass is 9.81. The topological polar surface area (TPSA) is 71.9 Å². The van der Waals surface area contributed by atoms with Crippen LogP contribution in [0.15, 0.2) is 4.52 Å². The molecule has 0 aromatic carbocycles. The number of rotatable bonds is 6. The maximum absolute atomic E-state index is 8.85. The van der Waals surface area contributed by atoms with Gasteiger partial charge in [0.2, 0.25) is 11.7 Å². The molecule has 0 aliphatic heterocycles. The fraction of sp³-hybridized carbons (Fsp3) is 0.769. The van der Waals surface area contributed by atoms with Crippen molar-refractivity contribution in [2.45, 2.75) is 52.6 Å². The second kappa shape index (κ2) is 5.49. The van der Waals surface area contributed by atoms with Crippen molar-refractivity contribution < 1.29 is 9.26 Å². The van der Waals surface area contributed by atoms with Crippen LogP contribution in [0.2, 0.25) is 0 Å². The van der Waals surface area contributed by atoms with Crippen LogP contribution in [0.3, 0.4) is 0 Å². The van der Waals surface area contributed by atoms with E-state index in [1.54, 1.807) is 7.11 Å². The van der Waals surface area contributed by atoms with Gasteiger partial charge >= 0.3 is 0 Å². The van der Waals surface area contributed by atoms with Crippen molar-refractivity contribution in [1.82, 2.24) is 10.1 Å². The lowest BCUT2D eigenvalue weighted by Crippen LogP contribution is -2.22. The van der Waals surface area contributed by atoms with Crippen molar-refractivity contribution in [3.63, 3.8) is 0 Å². The minimum atomic E-state index is -0.556. The number of ether oxygens (including phenoxy) is 1. The van der Waals surface area contributed by atoms with Crippen LogP contribution in [0.5, 0.6) is 0 Å². The summed E-state index contributed by atoms with van der Waals surface area (Å²) in [5, 5.41) is 12.8. The lowest BCUT2D eigenvalue weighted by molar-refractivity contribution is 0.00973. The van der Waals surface area contributed by atoms with E-state index in [0.717, 1.165) is 6.42 Å². The molecular weight excluding hydrogens is 230 g/mol. The van der Waals surface area contributed by atoms with Gasteiger partial charge in [-0.05, 0) is 25.7 Å². The van der Waals surface area contributed by atoms with E-state index in [9.17, 15) is 0 Å². The number of hydrogen-bond acceptors (Lipinski definition) is 5. The summed E-state index contributed by atoms with van der Waals surface area (Å²) in [6.07, 6.45) is 1.99. The van der Waals surface area contributed by atoms with Gasteiger partial charge in [0.1, 0.15) is 5.60 Å². The van der Waals surface area contributed by atoms with Crippen molar-refractivity contribution in [2.75, 3.05) is 7.11 Å². The van der Waals surface area contributed by atoms with Crippen LogP contribution in [0, 0.1) is 16.7 Å². The molecule has 5 nitrogen and oxygen atoms in total. The molecule has 1 atom stereocenters. The molecule has 0 saturated heterocycles. The van der Waals surface area contributed by atoms with Crippen molar-refractivity contribution in [1.29, 1.82) is 5.26 Å². The Morgan fingerprint density at radius 1 is 1.39 bits per heavy atom. The van der Waals surface area contributed by atoms with Crippen molar-refractivity contribution in [3.05, 3.63) is 11.7 Å². The largest absolute Gasteiger partial charge is 0.371 e. The Bertz CT molecular complexity index is 434. The van der Waals surface area contributed by atoms with E-state index in [1.165, 1.54) is 0 Å². The summed E-state index contributed by atoms with van der Waals surface area (Å²) in [7, 11) is 1.61. The second-order valence-corrected chi connectivity index (χ2v) is 5.40. The Morgan fingerprint density at radius 2 is 2.06 bits per heavy atom. The Morgan fingerprint density at radius 3 is 2.56 bits per heavy atom. The summed E-state index contributed by atoms with van der Waals surface area (Å²) in [6, 6.07) is 2.21. The molecule has 0 radical (unpaired) electrons. The predicted octanol–water partition coefficient (Wildman–Crippen LogP) is 2.82. The monoisotopic (exact) mass is 251 g/mol. The Labute approximate surface area is 108 Å². The summed E-state index contributed by atoms with van der Waals surface area (Å²) in [6.45, 7) is 7.89. The molecular formula is C13H21N3O2. The standard InChI is InChI=1S/C13H21N3O2/c1-6-13(4,7-8-14)9-10-15-11(16-18-10)12(2,3)17-5/h6-7,9H2,1-5H3. The Hall–Kier alpha value is -1.41. The molecule has 1 aromatic rings. The van der Waals surface area contributed by atoms with E-state index < -0.39 is 5.60 Å². The summed E-state index contributed by atoms with van der Waals surface area (Å²) >= 11 is 0. The summed E-state index contributed by atoms with van der Waals surface area (Å²) < 4.78 is 10.5. The zero-order valence-corrected chi connectivity index (χ0v) is 11.8. The zero-order chi connectivity index (χ0) is 13.8. The highest BCUT2D eigenvalue weighted by Gasteiger charge is 2.29. The highest BCUT2D eigenvalue weighted by molar-refractivity contribution is 5.00. The molecule has 100 valence electrons. The van der Waals surface area contributed by atoms with E-state index in [-0.39, 0.29) is 5.41 Å². The number of nitriles is 1. The molecule has 0 aliphatic carbocycles. The molecule has 0 spiro atoms. The maximum atomic E-state index is 8.85. The van der Waals surface area contributed by atoms with Crippen LogP contribution in [0.25, 0.3) is 0 Å². The van der Waals surface area contributed by atoms with Gasteiger partial charge in [0, 0.05) is 20.0 Å². The smallest absolute Gasteiger partial charge is 0.227 e. The Kier molecular flexibility index (Phi) is 4.47. The normalized spacial score (nSPS) is 15.1. The van der Waals surface area contributed by atoms with Gasteiger partial charge in [-0.1, -0.05) is 19.0 Å². The molecule has 0 amide bonds. The van der Waals surface area contributed by atoms with E-state index in [0.29, 0.717) is 24.6 Å². The van der Waals surface area contributed by atoms with Gasteiger partial charge in [0.05, 0.1) is 6.07 Å². The molecule has 0 fully saturated rings. The molecule has 0 bridgehead atoms. The number of aromatic nitrogens is 2. The third kappa shape index (κ3) is 3.30. The first kappa shape index (κ1) is 14.7. The van der Waals surface area contributed by atoms with Crippen molar-refractivity contribution >= 4 is 0 Å². The van der Waals surface area contributed by atoms with Gasteiger partial charge in [-0.25, -0.2) is 0 Å². The quantitative estimate of drug-likeness (QED) is 0.777. The van der Waals surface area contributed by atoms with E-state index in [2.05, 4.69) is 30.1 Å². The SMILES string of the molecule is CCC(C)(CC#N)Cc1nc(C(C)(C)OC)no1. The summed E-state index contributed by atoms with van der Waals surface area (Å²) in [4.78, 5) is 4.36. The average Bonchev–Trinajstić information content (AvgIpc) is 2.78. The summed E-state index contributed by atoms with van der Waals surface area (Å²) in [5.41, 5.74) is -0.671. The van der Waals surface area contributed by atoms with Crippen LogP contribution in [0.1, 0.15) is 52.3 Å². The van der Waals surface area contributed by atoms with E-state index >= 15 is 0 Å². The van der Waals surface area contributed by atoms with Gasteiger partial charge < -0.3 is 9.26 Å². The van der Waals surface area contributed by atoms with Crippen molar-refractivity contribution in [2.24, 2.45) is 5.41 Å². The molecule has 1 heterocycles. The zero-order valence-electron chi connectivity index (χ0n) is 11.8. The van der Waals surface area contributed by atoms with Gasteiger partial charge in [-0.15, -0.1) is 0 Å². The summed E-state index contributed by atoms with van der Waals surface area (Å²) in [5.74, 6) is 1.10. The minimum Gasteiger partial charge on any atom is -0.371 e. The van der Waals surface area contributed by atoms with Crippen LogP contribution in [-0.2, 0) is 16.8 Å². The van der Waals surface area contributed by atoms with Crippen LogP contribution < -0.4 is 0 Å². The van der Waals surface area contributed by atoms with Gasteiger partial charge in [-0.3, -0.25) is 0 Å². The molecule has 1 unspecified atom stereocenters. The molecule has 1 rings (SSSR count). The van der Waals surface area contributed by atoms with Crippen LogP contribution in [0.4, 0.5) is 0 Å². The highest BCUT2D eigenvalue weighted by atomic mass is 16.5. The van der Waals surface area contributed by atoms with Gasteiger partial charge in [0.25, 0.3) is 0 Å². The first-order valence-corrected chi connectivity index (χ1v) is 6.12. The second-order valence-electron chi connectivity index (χ2n) is 5.40. The minimum absolute atomic E-state index is 0.115.